The lowest BCUT2D eigenvalue weighted by Crippen LogP contribution is -2.20. The smallest absolute Gasteiger partial charge is 0.349 e. The molecule has 5 rings (SSSR count). The molecule has 1 saturated heterocycles. The van der Waals surface area contributed by atoms with Crippen molar-refractivity contribution in [3.05, 3.63) is 64.5 Å². The van der Waals surface area contributed by atoms with Crippen molar-refractivity contribution in [1.82, 2.24) is 4.98 Å². The van der Waals surface area contributed by atoms with Crippen LogP contribution in [0.15, 0.2) is 57.7 Å². The lowest BCUT2D eigenvalue weighted by Gasteiger charge is -2.11. The normalized spacial score (nSPS) is 14.1. The van der Waals surface area contributed by atoms with E-state index in [0.29, 0.717) is 16.7 Å². The summed E-state index contributed by atoms with van der Waals surface area (Å²) in [5.74, 6) is -0.483. The van der Waals surface area contributed by atoms with Crippen LogP contribution in [0.3, 0.4) is 0 Å². The Morgan fingerprint density at radius 3 is 2.79 bits per heavy atom. The Bertz CT molecular complexity index is 1250. The molecule has 0 unspecified atom stereocenters. The zero-order chi connectivity index (χ0) is 19.1. The molecule has 1 fully saturated rings. The minimum Gasteiger partial charge on any atom is -0.422 e. The lowest BCUT2D eigenvalue weighted by atomic mass is 10.1. The largest absolute Gasteiger partial charge is 0.422 e. The number of aromatic nitrogens is 1. The number of thiazole rings is 1. The van der Waals surface area contributed by atoms with E-state index < -0.39 is 11.5 Å². The molecule has 0 saturated carbocycles. The maximum absolute atomic E-state index is 12.6. The minimum atomic E-state index is -0.647. The molecule has 140 valence electrons. The van der Waals surface area contributed by atoms with Gasteiger partial charge in [0, 0.05) is 24.2 Å². The summed E-state index contributed by atoms with van der Waals surface area (Å²) in [6.45, 7) is 2.09. The van der Waals surface area contributed by atoms with Crippen molar-refractivity contribution in [3.63, 3.8) is 0 Å². The molecule has 0 spiro atoms. The Balaban J connectivity index is 1.43. The van der Waals surface area contributed by atoms with E-state index in [1.54, 1.807) is 41.7 Å². The second kappa shape index (κ2) is 6.76. The molecule has 3 heterocycles. The molecule has 7 heteroatoms. The van der Waals surface area contributed by atoms with Gasteiger partial charge in [-0.25, -0.2) is 9.78 Å². The van der Waals surface area contributed by atoms with Crippen LogP contribution >= 0.6 is 11.3 Å². The molecule has 2 aromatic heterocycles. The third-order valence-electron chi connectivity index (χ3n) is 4.90. The van der Waals surface area contributed by atoms with Gasteiger partial charge in [-0.05, 0) is 43.2 Å². The topological polar surface area (TPSA) is 75.4 Å². The van der Waals surface area contributed by atoms with E-state index >= 15 is 0 Å². The quantitative estimate of drug-likeness (QED) is 0.528. The van der Waals surface area contributed by atoms with Gasteiger partial charge in [-0.2, -0.15) is 0 Å². The average Bonchev–Trinajstić information content (AvgIpc) is 3.36. The van der Waals surface area contributed by atoms with Crippen LogP contribution in [0.25, 0.3) is 21.2 Å². The summed E-state index contributed by atoms with van der Waals surface area (Å²) in [6, 6.07) is 14.3. The molecule has 1 N–H and O–H groups in total. The van der Waals surface area contributed by atoms with Crippen molar-refractivity contribution in [2.45, 2.75) is 12.8 Å². The van der Waals surface area contributed by atoms with Gasteiger partial charge in [-0.15, -0.1) is 0 Å². The van der Waals surface area contributed by atoms with Crippen LogP contribution in [0.1, 0.15) is 23.2 Å². The number of hydrogen-bond acceptors (Lipinski definition) is 6. The van der Waals surface area contributed by atoms with Crippen molar-refractivity contribution >= 4 is 49.2 Å². The van der Waals surface area contributed by atoms with Crippen LogP contribution in [0, 0.1) is 0 Å². The fraction of sp³-hybridized carbons (Fsp3) is 0.190. The number of amides is 1. The maximum atomic E-state index is 12.6. The Kier molecular flexibility index (Phi) is 4.09. The monoisotopic (exact) mass is 391 g/mol. The van der Waals surface area contributed by atoms with Gasteiger partial charge < -0.3 is 14.6 Å². The van der Waals surface area contributed by atoms with Gasteiger partial charge in [0.05, 0.1) is 10.2 Å². The first-order valence-corrected chi connectivity index (χ1v) is 9.99. The number of rotatable bonds is 3. The highest BCUT2D eigenvalue weighted by Crippen LogP contribution is 2.32. The molecule has 2 aromatic carbocycles. The summed E-state index contributed by atoms with van der Waals surface area (Å²) >= 11 is 1.62. The van der Waals surface area contributed by atoms with Crippen LogP contribution in [-0.4, -0.2) is 24.0 Å². The lowest BCUT2D eigenvalue weighted by molar-refractivity contribution is 0.102. The number of carbonyl (C=O) groups excluding carboxylic acids is 1. The molecular weight excluding hydrogens is 374 g/mol. The van der Waals surface area contributed by atoms with Crippen LogP contribution in [0.2, 0.25) is 0 Å². The zero-order valence-electron chi connectivity index (χ0n) is 15.0. The third kappa shape index (κ3) is 3.03. The number of nitrogens with zero attached hydrogens (tertiary/aromatic N) is 2. The van der Waals surface area contributed by atoms with Crippen molar-refractivity contribution in [1.29, 1.82) is 0 Å². The second-order valence-electron chi connectivity index (χ2n) is 6.81. The summed E-state index contributed by atoms with van der Waals surface area (Å²) in [4.78, 5) is 31.8. The summed E-state index contributed by atoms with van der Waals surface area (Å²) in [7, 11) is 0. The van der Waals surface area contributed by atoms with E-state index in [-0.39, 0.29) is 5.56 Å². The summed E-state index contributed by atoms with van der Waals surface area (Å²) in [5, 5.41) is 4.53. The third-order valence-corrected chi connectivity index (χ3v) is 5.98. The first-order chi connectivity index (χ1) is 13.7. The molecule has 1 aliphatic rings. The highest BCUT2D eigenvalue weighted by Gasteiger charge is 2.17. The van der Waals surface area contributed by atoms with Gasteiger partial charge in [0.2, 0.25) is 0 Å². The Labute approximate surface area is 164 Å². The van der Waals surface area contributed by atoms with Gasteiger partial charge >= 0.3 is 5.63 Å². The van der Waals surface area contributed by atoms with E-state index in [1.165, 1.54) is 12.8 Å². The van der Waals surface area contributed by atoms with Crippen molar-refractivity contribution in [3.8, 4) is 0 Å². The van der Waals surface area contributed by atoms with Crippen molar-refractivity contribution in [2.24, 2.45) is 0 Å². The molecule has 0 aliphatic carbocycles. The molecule has 1 aliphatic heterocycles. The average molecular weight is 391 g/mol. The predicted octanol–water partition coefficient (Wildman–Crippen LogP) is 4.26. The molecule has 28 heavy (non-hydrogen) atoms. The fourth-order valence-corrected chi connectivity index (χ4v) is 4.51. The predicted molar refractivity (Wildman–Crippen MR) is 112 cm³/mol. The van der Waals surface area contributed by atoms with Gasteiger partial charge in [0.15, 0.2) is 5.13 Å². The maximum Gasteiger partial charge on any atom is 0.349 e. The van der Waals surface area contributed by atoms with E-state index in [0.717, 1.165) is 28.4 Å². The number of benzene rings is 2. The number of anilines is 2. The van der Waals surface area contributed by atoms with Crippen molar-refractivity contribution < 1.29 is 9.21 Å². The van der Waals surface area contributed by atoms with Gasteiger partial charge in [0.1, 0.15) is 11.1 Å². The van der Waals surface area contributed by atoms with Crippen LogP contribution in [-0.2, 0) is 0 Å². The number of fused-ring (bicyclic) bond motifs is 2. The highest BCUT2D eigenvalue weighted by molar-refractivity contribution is 7.22. The SMILES string of the molecule is O=C(Nc1ccc2nc(N3CCCC3)sc2c1)c1cc2ccccc2oc1=O. The molecule has 0 radical (unpaired) electrons. The minimum absolute atomic E-state index is 0.0131. The number of carbonyl (C=O) groups is 1. The molecule has 0 atom stereocenters. The molecule has 0 bridgehead atoms. The van der Waals surface area contributed by atoms with E-state index in [4.69, 9.17) is 4.42 Å². The molecule has 1 amide bonds. The number of nitrogens with one attached hydrogen (secondary N) is 1. The standard InChI is InChI=1S/C21H17N3O3S/c25-19(15-11-13-5-1-2-6-17(13)27-20(15)26)22-14-7-8-16-18(12-14)28-21(23-16)24-9-3-4-10-24/h1-2,5-8,11-12H,3-4,9-10H2,(H,22,25). The highest BCUT2D eigenvalue weighted by atomic mass is 32.1. The molecular formula is C21H17N3O3S. The van der Waals surface area contributed by atoms with Gasteiger partial charge in [-0.1, -0.05) is 29.5 Å². The van der Waals surface area contributed by atoms with Crippen LogP contribution in [0.5, 0.6) is 0 Å². The molecule has 4 aromatic rings. The van der Waals surface area contributed by atoms with E-state index in [2.05, 4.69) is 15.2 Å². The van der Waals surface area contributed by atoms with Crippen LogP contribution in [0.4, 0.5) is 10.8 Å². The summed E-state index contributed by atoms with van der Waals surface area (Å²) in [5.41, 5.74) is 1.34. The summed E-state index contributed by atoms with van der Waals surface area (Å²) < 4.78 is 6.26. The number of hydrogen-bond donors (Lipinski definition) is 1. The zero-order valence-corrected chi connectivity index (χ0v) is 15.8. The van der Waals surface area contributed by atoms with Gasteiger partial charge in [0.25, 0.3) is 5.91 Å². The second-order valence-corrected chi connectivity index (χ2v) is 7.82. The Morgan fingerprint density at radius 2 is 1.93 bits per heavy atom. The Morgan fingerprint density at radius 1 is 1.11 bits per heavy atom. The first kappa shape index (κ1) is 16.9. The first-order valence-electron chi connectivity index (χ1n) is 9.17. The van der Waals surface area contributed by atoms with Gasteiger partial charge in [-0.3, -0.25) is 4.79 Å². The van der Waals surface area contributed by atoms with E-state index in [9.17, 15) is 9.59 Å². The summed E-state index contributed by atoms with van der Waals surface area (Å²) in [6.07, 6.45) is 2.40. The fourth-order valence-electron chi connectivity index (χ4n) is 3.45. The van der Waals surface area contributed by atoms with E-state index in [1.807, 2.05) is 18.2 Å². The van der Waals surface area contributed by atoms with Crippen molar-refractivity contribution in [2.75, 3.05) is 23.3 Å². The van der Waals surface area contributed by atoms with Crippen LogP contribution < -0.4 is 15.8 Å². The Hall–Kier alpha value is -3.19. The molecule has 6 nitrogen and oxygen atoms in total. The number of para-hydroxylation sites is 1.